The number of amides is 1. The van der Waals surface area contributed by atoms with E-state index in [-0.39, 0.29) is 17.1 Å². The van der Waals surface area contributed by atoms with Gasteiger partial charge in [0.05, 0.1) is 0 Å². The number of carbonyl (C=O) groups excluding carboxylic acids is 1. The van der Waals surface area contributed by atoms with Crippen LogP contribution in [0.1, 0.15) is 43.0 Å². The normalized spacial score (nSPS) is 23.1. The van der Waals surface area contributed by atoms with Crippen LogP contribution in [0, 0.1) is 5.41 Å². The molecule has 0 aliphatic carbocycles. The van der Waals surface area contributed by atoms with E-state index in [0.29, 0.717) is 25.1 Å². The fourth-order valence-corrected chi connectivity index (χ4v) is 4.28. The van der Waals surface area contributed by atoms with Crippen molar-refractivity contribution in [2.45, 2.75) is 38.6 Å². The van der Waals surface area contributed by atoms with E-state index in [1.54, 1.807) is 18.2 Å². The van der Waals surface area contributed by atoms with Gasteiger partial charge in [0.15, 0.2) is 0 Å². The molecule has 2 fully saturated rings. The Bertz CT molecular complexity index is 653. The van der Waals surface area contributed by atoms with E-state index in [2.05, 4.69) is 11.8 Å². The number of rotatable bonds is 4. The number of phenolic OH excluding ortho intramolecular Hbond substituents is 1. The highest BCUT2D eigenvalue weighted by Crippen LogP contribution is 2.43. The number of likely N-dealkylation sites (tertiary alicyclic amines) is 2. The van der Waals surface area contributed by atoms with Gasteiger partial charge in [-0.25, -0.2) is 0 Å². The summed E-state index contributed by atoms with van der Waals surface area (Å²) in [5.41, 5.74) is 0.506. The molecule has 1 atom stereocenters. The lowest BCUT2D eigenvalue weighted by Gasteiger charge is -2.39. The summed E-state index contributed by atoms with van der Waals surface area (Å²) >= 11 is 0. The molecule has 2 N–H and O–H groups in total. The third kappa shape index (κ3) is 3.63. The average Bonchev–Trinajstić information content (AvgIpc) is 2.94. The predicted molar refractivity (Wildman–Crippen MR) is 93.6 cm³/mol. The molecule has 0 bridgehead atoms. The molecular formula is C19H26N2O4. The standard InChI is InChI=1S/C19H26N2O4/c1-2-8-21-13-19(12-16(21)18(24)25)6-9-20(10-7-19)17(23)14-4-3-5-15(22)11-14/h3-5,11,16,22H,2,6-10,12-13H2,1H3,(H,24,25)/t16-/m0/s1. The van der Waals surface area contributed by atoms with Crippen LogP contribution >= 0.6 is 0 Å². The topological polar surface area (TPSA) is 81.1 Å². The highest BCUT2D eigenvalue weighted by molar-refractivity contribution is 5.94. The van der Waals surface area contributed by atoms with Crippen LogP contribution in [0.15, 0.2) is 24.3 Å². The van der Waals surface area contributed by atoms with Gasteiger partial charge in [0.25, 0.3) is 5.91 Å². The second-order valence-corrected chi connectivity index (χ2v) is 7.37. The number of hydrogen-bond acceptors (Lipinski definition) is 4. The van der Waals surface area contributed by atoms with Crippen molar-refractivity contribution in [2.75, 3.05) is 26.2 Å². The monoisotopic (exact) mass is 346 g/mol. The van der Waals surface area contributed by atoms with Crippen molar-refractivity contribution in [3.8, 4) is 5.75 Å². The molecule has 1 aromatic rings. The molecule has 1 aromatic carbocycles. The maximum absolute atomic E-state index is 12.6. The molecule has 1 spiro atoms. The largest absolute Gasteiger partial charge is 0.508 e. The summed E-state index contributed by atoms with van der Waals surface area (Å²) in [4.78, 5) is 28.1. The molecule has 0 unspecified atom stereocenters. The van der Waals surface area contributed by atoms with E-state index in [9.17, 15) is 19.8 Å². The summed E-state index contributed by atoms with van der Waals surface area (Å²) in [6.45, 7) is 4.97. The first-order valence-electron chi connectivity index (χ1n) is 8.99. The molecule has 0 saturated carbocycles. The number of nitrogens with zero attached hydrogens (tertiary/aromatic N) is 2. The minimum Gasteiger partial charge on any atom is -0.508 e. The molecule has 2 aliphatic rings. The molecule has 1 amide bonds. The van der Waals surface area contributed by atoms with Gasteiger partial charge in [-0.3, -0.25) is 14.5 Å². The van der Waals surface area contributed by atoms with Gasteiger partial charge in [0, 0.05) is 25.2 Å². The molecular weight excluding hydrogens is 320 g/mol. The van der Waals surface area contributed by atoms with Crippen molar-refractivity contribution in [1.82, 2.24) is 9.80 Å². The third-order valence-electron chi connectivity index (χ3n) is 5.61. The Kier molecular flexibility index (Phi) is 4.99. The Morgan fingerprint density at radius 1 is 1.28 bits per heavy atom. The lowest BCUT2D eigenvalue weighted by Crippen LogP contribution is -2.44. The van der Waals surface area contributed by atoms with E-state index >= 15 is 0 Å². The van der Waals surface area contributed by atoms with Gasteiger partial charge in [-0.1, -0.05) is 13.0 Å². The van der Waals surface area contributed by atoms with Gasteiger partial charge in [0.2, 0.25) is 0 Å². The third-order valence-corrected chi connectivity index (χ3v) is 5.61. The Morgan fingerprint density at radius 3 is 2.60 bits per heavy atom. The smallest absolute Gasteiger partial charge is 0.320 e. The summed E-state index contributed by atoms with van der Waals surface area (Å²) in [7, 11) is 0. The summed E-state index contributed by atoms with van der Waals surface area (Å²) in [5, 5.41) is 19.1. The molecule has 6 nitrogen and oxygen atoms in total. The van der Waals surface area contributed by atoms with Gasteiger partial charge < -0.3 is 15.1 Å². The van der Waals surface area contributed by atoms with Gasteiger partial charge >= 0.3 is 5.97 Å². The second kappa shape index (κ2) is 7.04. The first-order chi connectivity index (χ1) is 11.9. The summed E-state index contributed by atoms with van der Waals surface area (Å²) in [6, 6.07) is 6.03. The first-order valence-corrected chi connectivity index (χ1v) is 8.99. The van der Waals surface area contributed by atoms with E-state index in [4.69, 9.17) is 0 Å². The Hall–Kier alpha value is -2.08. The summed E-state index contributed by atoms with van der Waals surface area (Å²) < 4.78 is 0. The molecule has 2 heterocycles. The zero-order chi connectivity index (χ0) is 18.0. The average molecular weight is 346 g/mol. The number of carboxylic acids is 1. The van der Waals surface area contributed by atoms with Crippen molar-refractivity contribution in [3.63, 3.8) is 0 Å². The molecule has 25 heavy (non-hydrogen) atoms. The molecule has 0 aromatic heterocycles. The number of carbonyl (C=O) groups is 2. The minimum absolute atomic E-state index is 0.00777. The van der Waals surface area contributed by atoms with E-state index in [0.717, 1.165) is 32.4 Å². The van der Waals surface area contributed by atoms with E-state index in [1.165, 1.54) is 6.07 Å². The zero-order valence-corrected chi connectivity index (χ0v) is 14.6. The summed E-state index contributed by atoms with van der Waals surface area (Å²) in [6.07, 6.45) is 3.29. The van der Waals surface area contributed by atoms with Crippen molar-refractivity contribution in [1.29, 1.82) is 0 Å². The Balaban J connectivity index is 1.65. The van der Waals surface area contributed by atoms with Crippen LogP contribution in [-0.4, -0.2) is 64.1 Å². The van der Waals surface area contributed by atoms with Crippen LogP contribution < -0.4 is 0 Å². The highest BCUT2D eigenvalue weighted by Gasteiger charge is 2.48. The lowest BCUT2D eigenvalue weighted by atomic mass is 9.76. The summed E-state index contributed by atoms with van der Waals surface area (Å²) in [5.74, 6) is -0.706. The van der Waals surface area contributed by atoms with Crippen molar-refractivity contribution in [3.05, 3.63) is 29.8 Å². The van der Waals surface area contributed by atoms with E-state index < -0.39 is 12.0 Å². The van der Waals surface area contributed by atoms with Crippen LogP contribution in [0.4, 0.5) is 0 Å². The number of hydrogen-bond donors (Lipinski definition) is 2. The number of carboxylic acid groups (broad SMARTS) is 1. The number of benzene rings is 1. The zero-order valence-electron chi connectivity index (χ0n) is 14.6. The highest BCUT2D eigenvalue weighted by atomic mass is 16.4. The Labute approximate surface area is 148 Å². The number of aliphatic carboxylic acids is 1. The predicted octanol–water partition coefficient (Wildman–Crippen LogP) is 2.18. The fourth-order valence-electron chi connectivity index (χ4n) is 4.28. The van der Waals surface area contributed by atoms with Crippen LogP contribution in [-0.2, 0) is 4.79 Å². The molecule has 6 heteroatoms. The molecule has 2 aliphatic heterocycles. The van der Waals surface area contributed by atoms with Crippen LogP contribution in [0.3, 0.4) is 0 Å². The molecule has 0 radical (unpaired) electrons. The van der Waals surface area contributed by atoms with Crippen LogP contribution in [0.2, 0.25) is 0 Å². The van der Waals surface area contributed by atoms with Crippen molar-refractivity contribution >= 4 is 11.9 Å². The van der Waals surface area contributed by atoms with Gasteiger partial charge in [-0.2, -0.15) is 0 Å². The van der Waals surface area contributed by atoms with Crippen LogP contribution in [0.25, 0.3) is 0 Å². The van der Waals surface area contributed by atoms with Crippen molar-refractivity contribution in [2.24, 2.45) is 5.41 Å². The quantitative estimate of drug-likeness (QED) is 0.873. The number of aromatic hydroxyl groups is 1. The lowest BCUT2D eigenvalue weighted by molar-refractivity contribution is -0.142. The molecule has 136 valence electrons. The van der Waals surface area contributed by atoms with Crippen LogP contribution in [0.5, 0.6) is 5.75 Å². The fraction of sp³-hybridized carbons (Fsp3) is 0.579. The SMILES string of the molecule is CCCN1CC2(CCN(C(=O)c3cccc(O)c3)CC2)C[C@H]1C(=O)O. The second-order valence-electron chi connectivity index (χ2n) is 7.37. The number of piperidine rings is 1. The van der Waals surface area contributed by atoms with E-state index in [1.807, 2.05) is 4.90 Å². The maximum Gasteiger partial charge on any atom is 0.320 e. The Morgan fingerprint density at radius 2 is 2.00 bits per heavy atom. The maximum atomic E-state index is 12.6. The minimum atomic E-state index is -0.733. The number of phenols is 1. The van der Waals surface area contributed by atoms with Gasteiger partial charge in [0.1, 0.15) is 11.8 Å². The molecule has 3 rings (SSSR count). The van der Waals surface area contributed by atoms with Gasteiger partial charge in [-0.15, -0.1) is 0 Å². The molecule has 2 saturated heterocycles. The van der Waals surface area contributed by atoms with Crippen molar-refractivity contribution < 1.29 is 19.8 Å². The first kappa shape index (κ1) is 17.7. The van der Waals surface area contributed by atoms with Gasteiger partial charge in [-0.05, 0) is 55.8 Å².